The first-order valence-corrected chi connectivity index (χ1v) is 6.44. The third kappa shape index (κ3) is 3.60. The Labute approximate surface area is 109 Å². The maximum atomic E-state index is 6.08. The highest BCUT2D eigenvalue weighted by atomic mass is 16.5. The van der Waals surface area contributed by atoms with E-state index in [4.69, 9.17) is 4.74 Å². The van der Waals surface area contributed by atoms with E-state index in [9.17, 15) is 0 Å². The molecule has 1 atom stereocenters. The molecular weight excluding hydrogens is 222 g/mol. The smallest absolute Gasteiger partial charge is 0.129 e. The fourth-order valence-electron chi connectivity index (χ4n) is 1.94. The first kappa shape index (κ1) is 12.7. The lowest BCUT2D eigenvalue weighted by molar-refractivity contribution is -0.628. The Morgan fingerprint density at radius 1 is 0.944 bits per heavy atom. The lowest BCUT2D eigenvalue weighted by Gasteiger charge is -2.18. The molecule has 2 rings (SSSR count). The van der Waals surface area contributed by atoms with Gasteiger partial charge in [0.25, 0.3) is 0 Å². The van der Waals surface area contributed by atoms with Crippen LogP contribution in [-0.4, -0.2) is 13.6 Å². The number of quaternary nitrogens is 1. The quantitative estimate of drug-likeness (QED) is 0.827. The van der Waals surface area contributed by atoms with Crippen LogP contribution in [0.15, 0.2) is 60.7 Å². The maximum absolute atomic E-state index is 6.08. The van der Waals surface area contributed by atoms with Crippen LogP contribution in [0.5, 0.6) is 5.75 Å². The third-order valence-electron chi connectivity index (χ3n) is 2.91. The van der Waals surface area contributed by atoms with Gasteiger partial charge in [0.05, 0.1) is 13.6 Å². The summed E-state index contributed by atoms with van der Waals surface area (Å²) in [5, 5.41) is 2.18. The second kappa shape index (κ2) is 6.82. The predicted octanol–water partition coefficient (Wildman–Crippen LogP) is 2.39. The molecule has 0 fully saturated rings. The lowest BCUT2D eigenvalue weighted by atomic mass is 10.1. The van der Waals surface area contributed by atoms with Crippen molar-refractivity contribution in [2.75, 3.05) is 13.6 Å². The monoisotopic (exact) mass is 242 g/mol. The Morgan fingerprint density at radius 2 is 1.56 bits per heavy atom. The molecule has 0 aliphatic carbocycles. The standard InChI is InChI=1S/C16H19NO/c1-17-13-12-16(14-8-4-2-5-9-14)18-15-10-6-3-7-11-15/h2-11,16-17H,12-13H2,1H3/p+1. The molecule has 2 nitrogen and oxygen atoms in total. The van der Waals surface area contributed by atoms with Crippen LogP contribution in [0, 0.1) is 0 Å². The fourth-order valence-corrected chi connectivity index (χ4v) is 1.94. The Balaban J connectivity index is 2.10. The molecule has 0 aliphatic heterocycles. The van der Waals surface area contributed by atoms with E-state index in [0.717, 1.165) is 18.7 Å². The summed E-state index contributed by atoms with van der Waals surface area (Å²) in [5.41, 5.74) is 1.24. The van der Waals surface area contributed by atoms with Crippen LogP contribution in [0.4, 0.5) is 0 Å². The van der Waals surface area contributed by atoms with Crippen molar-refractivity contribution in [1.29, 1.82) is 0 Å². The summed E-state index contributed by atoms with van der Waals surface area (Å²) in [4.78, 5) is 0. The van der Waals surface area contributed by atoms with Gasteiger partial charge >= 0.3 is 0 Å². The van der Waals surface area contributed by atoms with Crippen molar-refractivity contribution >= 4 is 0 Å². The Hall–Kier alpha value is -1.80. The fraction of sp³-hybridized carbons (Fsp3) is 0.250. The molecule has 2 aromatic rings. The molecule has 94 valence electrons. The van der Waals surface area contributed by atoms with Gasteiger partial charge in [-0.25, -0.2) is 0 Å². The molecule has 0 saturated carbocycles. The highest BCUT2D eigenvalue weighted by Crippen LogP contribution is 2.23. The molecule has 0 spiro atoms. The summed E-state index contributed by atoms with van der Waals surface area (Å²) in [5.74, 6) is 0.933. The van der Waals surface area contributed by atoms with Crippen LogP contribution in [0.2, 0.25) is 0 Å². The molecule has 0 heterocycles. The van der Waals surface area contributed by atoms with Gasteiger partial charge in [-0.05, 0) is 17.7 Å². The molecule has 0 aromatic heterocycles. The van der Waals surface area contributed by atoms with E-state index < -0.39 is 0 Å². The van der Waals surface area contributed by atoms with E-state index >= 15 is 0 Å². The minimum atomic E-state index is 0.129. The van der Waals surface area contributed by atoms with Crippen molar-refractivity contribution in [3.05, 3.63) is 66.2 Å². The van der Waals surface area contributed by atoms with Gasteiger partial charge < -0.3 is 10.1 Å². The largest absolute Gasteiger partial charge is 0.486 e. The summed E-state index contributed by atoms with van der Waals surface area (Å²) in [6.45, 7) is 1.06. The number of nitrogens with two attached hydrogens (primary N) is 1. The summed E-state index contributed by atoms with van der Waals surface area (Å²) in [6.07, 6.45) is 1.14. The van der Waals surface area contributed by atoms with E-state index in [1.165, 1.54) is 5.56 Å². The number of hydrogen-bond donors (Lipinski definition) is 1. The molecule has 2 N–H and O–H groups in total. The van der Waals surface area contributed by atoms with Crippen LogP contribution < -0.4 is 10.1 Å². The average molecular weight is 242 g/mol. The van der Waals surface area contributed by atoms with Gasteiger partial charge in [-0.15, -0.1) is 0 Å². The van der Waals surface area contributed by atoms with Gasteiger partial charge in [0.1, 0.15) is 11.9 Å². The van der Waals surface area contributed by atoms with E-state index in [1.807, 2.05) is 36.4 Å². The number of para-hydroxylation sites is 1. The van der Waals surface area contributed by atoms with Gasteiger partial charge in [-0.3, -0.25) is 0 Å². The van der Waals surface area contributed by atoms with Crippen molar-refractivity contribution < 1.29 is 10.1 Å². The van der Waals surface area contributed by atoms with E-state index in [-0.39, 0.29) is 6.10 Å². The summed E-state index contributed by atoms with van der Waals surface area (Å²) >= 11 is 0. The second-order valence-corrected chi connectivity index (χ2v) is 4.32. The van der Waals surface area contributed by atoms with Crippen molar-refractivity contribution in [2.24, 2.45) is 0 Å². The predicted molar refractivity (Wildman–Crippen MR) is 73.6 cm³/mol. The highest BCUT2D eigenvalue weighted by Gasteiger charge is 2.13. The highest BCUT2D eigenvalue weighted by molar-refractivity contribution is 5.24. The van der Waals surface area contributed by atoms with Crippen LogP contribution in [0.25, 0.3) is 0 Å². The summed E-state index contributed by atoms with van der Waals surface area (Å²) in [7, 11) is 2.09. The number of hydrogen-bond acceptors (Lipinski definition) is 1. The van der Waals surface area contributed by atoms with E-state index in [0.29, 0.717) is 0 Å². The van der Waals surface area contributed by atoms with E-state index in [2.05, 4.69) is 36.6 Å². The maximum Gasteiger partial charge on any atom is 0.129 e. The third-order valence-corrected chi connectivity index (χ3v) is 2.91. The number of rotatable bonds is 6. The molecule has 0 saturated heterocycles. The number of ether oxygens (including phenoxy) is 1. The molecule has 2 aromatic carbocycles. The molecule has 18 heavy (non-hydrogen) atoms. The zero-order valence-electron chi connectivity index (χ0n) is 10.8. The zero-order valence-corrected chi connectivity index (χ0v) is 10.8. The molecule has 0 bridgehead atoms. The van der Waals surface area contributed by atoms with Crippen molar-refractivity contribution in [1.82, 2.24) is 0 Å². The van der Waals surface area contributed by atoms with Crippen molar-refractivity contribution in [2.45, 2.75) is 12.5 Å². The van der Waals surface area contributed by atoms with Gasteiger partial charge in [-0.2, -0.15) is 0 Å². The van der Waals surface area contributed by atoms with Crippen LogP contribution in [0.1, 0.15) is 18.1 Å². The van der Waals surface area contributed by atoms with Gasteiger partial charge in [0.2, 0.25) is 0 Å². The van der Waals surface area contributed by atoms with Gasteiger partial charge in [0.15, 0.2) is 0 Å². The second-order valence-electron chi connectivity index (χ2n) is 4.32. The molecule has 0 radical (unpaired) electrons. The normalized spacial score (nSPS) is 12.1. The number of benzene rings is 2. The molecule has 0 amide bonds. The van der Waals surface area contributed by atoms with Crippen LogP contribution >= 0.6 is 0 Å². The zero-order chi connectivity index (χ0) is 12.6. The average Bonchev–Trinajstić information content (AvgIpc) is 2.45. The summed E-state index contributed by atoms with van der Waals surface area (Å²) < 4.78 is 6.08. The van der Waals surface area contributed by atoms with Crippen LogP contribution in [-0.2, 0) is 0 Å². The molecular formula is C16H20NO+. The minimum absolute atomic E-state index is 0.129. The van der Waals surface area contributed by atoms with Gasteiger partial charge in [0, 0.05) is 6.42 Å². The first-order valence-electron chi connectivity index (χ1n) is 6.44. The SMILES string of the molecule is C[NH2+]CCC(Oc1ccccc1)c1ccccc1. The van der Waals surface area contributed by atoms with E-state index in [1.54, 1.807) is 0 Å². The van der Waals surface area contributed by atoms with Gasteiger partial charge in [-0.1, -0.05) is 48.5 Å². The Morgan fingerprint density at radius 3 is 2.17 bits per heavy atom. The molecule has 2 heteroatoms. The Kier molecular flexibility index (Phi) is 4.79. The van der Waals surface area contributed by atoms with Crippen molar-refractivity contribution in [3.8, 4) is 5.75 Å². The summed E-state index contributed by atoms with van der Waals surface area (Å²) in [6, 6.07) is 20.4. The van der Waals surface area contributed by atoms with Crippen LogP contribution in [0.3, 0.4) is 0 Å². The lowest BCUT2D eigenvalue weighted by Crippen LogP contribution is -2.79. The van der Waals surface area contributed by atoms with Crippen molar-refractivity contribution in [3.63, 3.8) is 0 Å². The first-order chi connectivity index (χ1) is 8.90. The molecule has 0 aliphatic rings. The topological polar surface area (TPSA) is 25.8 Å². The minimum Gasteiger partial charge on any atom is -0.486 e. The molecule has 1 unspecified atom stereocenters. The Bertz CT molecular complexity index is 441.